The lowest BCUT2D eigenvalue weighted by Gasteiger charge is -2.14. The maximum atomic E-state index is 11.8. The van der Waals surface area contributed by atoms with Crippen molar-refractivity contribution in [2.45, 2.75) is 26.8 Å². The standard InChI is InChI=1S/C29H15NO5/c1-4-7-8-9-10-11-12-13-14-15-16-17-18-19-20-21-22-23-24-25-26(31)30-27(28(32)34-5-2)29(33)35-6-3/h27H,5-6H2,1-3H3,(H,30,31). The van der Waals surface area contributed by atoms with Crippen molar-refractivity contribution in [3.8, 4) is 118 Å². The molecule has 1 N–H and O–H groups in total. The molecule has 0 bridgehead atoms. The number of hydrogen-bond donors (Lipinski definition) is 1. The van der Waals surface area contributed by atoms with Gasteiger partial charge < -0.3 is 14.8 Å². The molecule has 0 aromatic rings. The van der Waals surface area contributed by atoms with Crippen LogP contribution in [0, 0.1) is 118 Å². The van der Waals surface area contributed by atoms with E-state index in [0.717, 1.165) is 0 Å². The number of amides is 1. The van der Waals surface area contributed by atoms with Gasteiger partial charge >= 0.3 is 11.9 Å². The van der Waals surface area contributed by atoms with E-state index in [2.05, 4.69) is 124 Å². The minimum Gasteiger partial charge on any atom is -0.464 e. The van der Waals surface area contributed by atoms with E-state index in [4.69, 9.17) is 9.47 Å². The second kappa shape index (κ2) is 21.2. The number of hydrogen-bond acceptors (Lipinski definition) is 5. The summed E-state index contributed by atoms with van der Waals surface area (Å²) in [6, 6.07) is -1.61. The third kappa shape index (κ3) is 17.4. The van der Waals surface area contributed by atoms with E-state index in [9.17, 15) is 14.4 Å². The van der Waals surface area contributed by atoms with Gasteiger partial charge in [0.15, 0.2) is 0 Å². The Kier molecular flexibility index (Phi) is 17.6. The molecule has 0 aromatic carbocycles. The maximum Gasteiger partial charge on any atom is 0.340 e. The molecule has 0 aliphatic carbocycles. The van der Waals surface area contributed by atoms with Crippen molar-refractivity contribution in [3.05, 3.63) is 0 Å². The zero-order valence-electron chi connectivity index (χ0n) is 19.0. The van der Waals surface area contributed by atoms with Crippen molar-refractivity contribution in [1.82, 2.24) is 5.32 Å². The summed E-state index contributed by atoms with van der Waals surface area (Å²) in [5, 5.41) is 2.11. The first kappa shape index (κ1) is 29.0. The van der Waals surface area contributed by atoms with Gasteiger partial charge in [0.05, 0.1) is 13.2 Å². The quantitative estimate of drug-likeness (QED) is 0.347. The van der Waals surface area contributed by atoms with Crippen molar-refractivity contribution in [3.63, 3.8) is 0 Å². The number of carbonyl (C=O) groups is 3. The third-order valence-corrected chi connectivity index (χ3v) is 2.68. The van der Waals surface area contributed by atoms with Crippen LogP contribution < -0.4 is 5.32 Å². The summed E-state index contributed by atoms with van der Waals surface area (Å²) in [6.07, 6.45) is 0. The van der Waals surface area contributed by atoms with Gasteiger partial charge in [-0.15, -0.1) is 0 Å². The molecule has 0 rings (SSSR count). The maximum absolute atomic E-state index is 11.8. The smallest absolute Gasteiger partial charge is 0.340 e. The van der Waals surface area contributed by atoms with Gasteiger partial charge in [0.1, 0.15) is 0 Å². The topological polar surface area (TPSA) is 81.7 Å². The number of carbonyl (C=O) groups excluding carboxylic acids is 3. The van der Waals surface area contributed by atoms with Gasteiger partial charge in [-0.05, 0) is 115 Å². The Hall–Kier alpha value is -5.99. The molecule has 0 aromatic heterocycles. The van der Waals surface area contributed by atoms with Gasteiger partial charge in [0, 0.05) is 17.8 Å². The molecule has 1 amide bonds. The van der Waals surface area contributed by atoms with Crippen LogP contribution >= 0.6 is 0 Å². The SMILES string of the molecule is CC#CC#CC#CC#CC#CC#CC#CC#CC#CC#CC(=O)NC(C(=O)OCC)C(=O)OCC. The molecule has 0 unspecified atom stereocenters. The summed E-state index contributed by atoms with van der Waals surface area (Å²) in [5.74, 6) is 45.8. The van der Waals surface area contributed by atoms with Gasteiger partial charge in [-0.3, -0.25) is 4.79 Å². The number of nitrogens with one attached hydrogen (secondary N) is 1. The summed E-state index contributed by atoms with van der Waals surface area (Å²) in [6.45, 7) is 4.84. The number of rotatable bonds is 5. The highest BCUT2D eigenvalue weighted by molar-refractivity contribution is 6.05. The minimum absolute atomic E-state index is 0.0270. The lowest BCUT2D eigenvalue weighted by Crippen LogP contribution is -2.47. The summed E-state index contributed by atoms with van der Waals surface area (Å²) < 4.78 is 9.44. The van der Waals surface area contributed by atoms with Crippen LogP contribution in [0.25, 0.3) is 0 Å². The Balaban J connectivity index is 4.76. The minimum atomic E-state index is -1.61. The molecule has 0 atom stereocenters. The van der Waals surface area contributed by atoms with Gasteiger partial charge in [0.2, 0.25) is 6.04 Å². The molecular weight excluding hydrogens is 442 g/mol. The molecule has 166 valence electrons. The first-order chi connectivity index (χ1) is 17.1. The van der Waals surface area contributed by atoms with Crippen LogP contribution in [0.3, 0.4) is 0 Å². The fourth-order valence-electron chi connectivity index (χ4n) is 1.48. The van der Waals surface area contributed by atoms with E-state index < -0.39 is 23.9 Å². The fourth-order valence-corrected chi connectivity index (χ4v) is 1.48. The highest BCUT2D eigenvalue weighted by Gasteiger charge is 2.30. The zero-order chi connectivity index (χ0) is 26.0. The normalized spacial score (nSPS) is 6.40. The highest BCUT2D eigenvalue weighted by Crippen LogP contribution is 1.94. The highest BCUT2D eigenvalue weighted by atomic mass is 16.6. The molecule has 0 saturated carbocycles. The molecular formula is C29H15NO5. The third-order valence-electron chi connectivity index (χ3n) is 2.68. The van der Waals surface area contributed by atoms with Gasteiger partial charge in [-0.25, -0.2) is 9.59 Å². The Morgan fingerprint density at radius 3 is 1.20 bits per heavy atom. The van der Waals surface area contributed by atoms with Crippen LogP contribution in [-0.2, 0) is 23.9 Å². The van der Waals surface area contributed by atoms with E-state index in [0.29, 0.717) is 0 Å². The second-order valence-corrected chi connectivity index (χ2v) is 5.04. The summed E-state index contributed by atoms with van der Waals surface area (Å²) in [7, 11) is 0. The van der Waals surface area contributed by atoms with Gasteiger partial charge in [0.25, 0.3) is 5.91 Å². The van der Waals surface area contributed by atoms with Crippen molar-refractivity contribution in [2.24, 2.45) is 0 Å². The monoisotopic (exact) mass is 457 g/mol. The largest absolute Gasteiger partial charge is 0.464 e. The fraction of sp³-hybridized carbons (Fsp3) is 0.207. The zero-order valence-corrected chi connectivity index (χ0v) is 19.0. The molecule has 35 heavy (non-hydrogen) atoms. The Bertz CT molecular complexity index is 1450. The van der Waals surface area contributed by atoms with Crippen molar-refractivity contribution >= 4 is 17.8 Å². The molecule has 0 fully saturated rings. The Morgan fingerprint density at radius 2 is 0.886 bits per heavy atom. The molecule has 0 spiro atoms. The average molecular weight is 457 g/mol. The summed E-state index contributed by atoms with van der Waals surface area (Å²) >= 11 is 0. The predicted molar refractivity (Wildman–Crippen MR) is 129 cm³/mol. The summed E-state index contributed by atoms with van der Waals surface area (Å²) in [4.78, 5) is 35.3. The number of esters is 2. The molecule has 0 aliphatic heterocycles. The number of ether oxygens (including phenoxy) is 2. The molecule has 6 nitrogen and oxygen atoms in total. The molecule has 0 aliphatic rings. The van der Waals surface area contributed by atoms with Gasteiger partial charge in [-0.2, -0.15) is 0 Å². The van der Waals surface area contributed by atoms with E-state index in [1.54, 1.807) is 20.8 Å². The van der Waals surface area contributed by atoms with Crippen molar-refractivity contribution < 1.29 is 23.9 Å². The first-order valence-corrected chi connectivity index (χ1v) is 9.63. The van der Waals surface area contributed by atoms with E-state index in [1.165, 1.54) is 0 Å². The van der Waals surface area contributed by atoms with E-state index in [1.807, 2.05) is 0 Å². The lowest BCUT2D eigenvalue weighted by molar-refractivity contribution is -0.159. The van der Waals surface area contributed by atoms with Crippen LogP contribution in [0.15, 0.2) is 0 Å². The molecule has 0 heterocycles. The lowest BCUT2D eigenvalue weighted by atomic mass is 10.3. The molecule has 0 radical (unpaired) electrons. The van der Waals surface area contributed by atoms with Crippen molar-refractivity contribution in [2.75, 3.05) is 13.2 Å². The second-order valence-electron chi connectivity index (χ2n) is 5.04. The van der Waals surface area contributed by atoms with Crippen LogP contribution in [0.4, 0.5) is 0 Å². The van der Waals surface area contributed by atoms with Crippen LogP contribution in [0.1, 0.15) is 20.8 Å². The Labute approximate surface area is 205 Å². The molecule has 6 heteroatoms. The summed E-state index contributed by atoms with van der Waals surface area (Å²) in [5.41, 5.74) is 0. The average Bonchev–Trinajstić information content (AvgIpc) is 2.84. The molecule has 0 saturated heterocycles. The van der Waals surface area contributed by atoms with Crippen LogP contribution in [-0.4, -0.2) is 37.1 Å². The van der Waals surface area contributed by atoms with Crippen molar-refractivity contribution in [1.29, 1.82) is 0 Å². The van der Waals surface area contributed by atoms with E-state index in [-0.39, 0.29) is 13.2 Å². The Morgan fingerprint density at radius 1 is 0.571 bits per heavy atom. The first-order valence-electron chi connectivity index (χ1n) is 9.63. The predicted octanol–water partition coefficient (Wildman–Crippen LogP) is -0.349. The van der Waals surface area contributed by atoms with E-state index >= 15 is 0 Å². The van der Waals surface area contributed by atoms with Crippen LogP contribution in [0.5, 0.6) is 0 Å². The van der Waals surface area contributed by atoms with Crippen LogP contribution in [0.2, 0.25) is 0 Å². The van der Waals surface area contributed by atoms with Gasteiger partial charge in [-0.1, -0.05) is 5.92 Å².